The van der Waals surface area contributed by atoms with E-state index in [4.69, 9.17) is 4.98 Å². The van der Waals surface area contributed by atoms with Gasteiger partial charge in [-0.3, -0.25) is 14.3 Å². The first-order valence-corrected chi connectivity index (χ1v) is 18.5. The normalized spacial score (nSPS) is 19.1. The first-order chi connectivity index (χ1) is 21.8. The number of hydrogen-bond acceptors (Lipinski definition) is 8. The molecule has 1 saturated carbocycles. The van der Waals surface area contributed by atoms with Crippen LogP contribution in [-0.4, -0.2) is 106 Å². The fraction of sp³-hybridized carbons (Fsp3) is 0.438. The van der Waals surface area contributed by atoms with Crippen LogP contribution >= 0.6 is 0 Å². The third-order valence-corrected chi connectivity index (χ3v) is 11.7. The first kappa shape index (κ1) is 33.9. The van der Waals surface area contributed by atoms with Crippen LogP contribution in [0.5, 0.6) is 0 Å². The minimum Gasteiger partial charge on any atom is -0.349 e. The quantitative estimate of drug-likeness (QED) is 0.255. The molecule has 2 heterocycles. The van der Waals surface area contributed by atoms with Crippen molar-refractivity contribution in [3.8, 4) is 5.69 Å². The highest BCUT2D eigenvalue weighted by Gasteiger charge is 2.42. The lowest BCUT2D eigenvalue weighted by Crippen LogP contribution is -2.50. The molecule has 0 unspecified atom stereocenters. The van der Waals surface area contributed by atoms with Gasteiger partial charge in [-0.25, -0.2) is 30.5 Å². The molecular weight excluding hydrogens is 632 g/mol. The van der Waals surface area contributed by atoms with Gasteiger partial charge in [0.1, 0.15) is 5.82 Å². The maximum absolute atomic E-state index is 13.8. The average molecular weight is 673 g/mol. The highest BCUT2D eigenvalue weighted by atomic mass is 32.2. The molecule has 2 fully saturated rings. The molecule has 1 aliphatic carbocycles. The SMILES string of the molecule is C=CCN(CCCc1cn(-c2ccc(S(=O)(=O)N(C)C)cc2)c(=O)c(N2CCN(S(C)(=O)=O)CC2)n1)[C@@H]1C[C@H]1c1ccc(F)cc1. The molecule has 2 aromatic carbocycles. The van der Waals surface area contributed by atoms with Gasteiger partial charge in [-0.05, 0) is 67.8 Å². The second-order valence-electron chi connectivity index (χ2n) is 12.0. The highest BCUT2D eigenvalue weighted by Crippen LogP contribution is 2.44. The van der Waals surface area contributed by atoms with E-state index in [0.29, 0.717) is 49.4 Å². The fourth-order valence-corrected chi connectivity index (χ4v) is 7.67. The summed E-state index contributed by atoms with van der Waals surface area (Å²) in [7, 11) is -4.08. The summed E-state index contributed by atoms with van der Waals surface area (Å²) in [6, 6.07) is 13.2. The number of sulfonamides is 2. The first-order valence-electron chi connectivity index (χ1n) is 15.3. The van der Waals surface area contributed by atoms with Crippen LogP contribution in [0.15, 0.2) is 77.1 Å². The summed E-state index contributed by atoms with van der Waals surface area (Å²) in [6.07, 6.45) is 7.08. The number of halogens is 1. The predicted octanol–water partition coefficient (Wildman–Crippen LogP) is 2.68. The second-order valence-corrected chi connectivity index (χ2v) is 16.1. The minimum atomic E-state index is -3.64. The van der Waals surface area contributed by atoms with Crippen molar-refractivity contribution in [1.29, 1.82) is 0 Å². The molecule has 46 heavy (non-hydrogen) atoms. The zero-order valence-electron chi connectivity index (χ0n) is 26.4. The van der Waals surface area contributed by atoms with E-state index in [-0.39, 0.29) is 35.2 Å². The van der Waals surface area contributed by atoms with E-state index in [0.717, 1.165) is 29.3 Å². The Kier molecular flexibility index (Phi) is 10.1. The van der Waals surface area contributed by atoms with E-state index >= 15 is 0 Å². The van der Waals surface area contributed by atoms with Crippen LogP contribution in [0.1, 0.15) is 30.0 Å². The lowest BCUT2D eigenvalue weighted by atomic mass is 10.1. The summed E-state index contributed by atoms with van der Waals surface area (Å²) in [4.78, 5) is 22.9. The van der Waals surface area contributed by atoms with Crippen LogP contribution in [-0.2, 0) is 26.5 Å². The van der Waals surface area contributed by atoms with Crippen molar-refractivity contribution in [3.05, 3.63) is 94.8 Å². The van der Waals surface area contributed by atoms with Crippen molar-refractivity contribution in [2.45, 2.75) is 36.1 Å². The Labute approximate surface area is 270 Å². The van der Waals surface area contributed by atoms with Gasteiger partial charge in [0.05, 0.1) is 16.8 Å². The number of hydrogen-bond donors (Lipinski definition) is 0. The van der Waals surface area contributed by atoms with E-state index in [1.807, 2.05) is 23.1 Å². The van der Waals surface area contributed by atoms with Gasteiger partial charge in [0.25, 0.3) is 5.56 Å². The van der Waals surface area contributed by atoms with Crippen LogP contribution < -0.4 is 10.5 Å². The van der Waals surface area contributed by atoms with Gasteiger partial charge in [-0.2, -0.15) is 4.31 Å². The summed E-state index contributed by atoms with van der Waals surface area (Å²) in [6.45, 7) is 6.54. The molecule has 248 valence electrons. The second kappa shape index (κ2) is 13.7. The van der Waals surface area contributed by atoms with Crippen molar-refractivity contribution in [1.82, 2.24) is 23.1 Å². The van der Waals surface area contributed by atoms with E-state index in [1.54, 1.807) is 18.3 Å². The smallest absolute Gasteiger partial charge is 0.298 e. The third-order valence-electron chi connectivity index (χ3n) is 8.60. The van der Waals surface area contributed by atoms with Crippen molar-refractivity contribution in [2.24, 2.45) is 0 Å². The fourth-order valence-electron chi connectivity index (χ4n) is 5.94. The average Bonchev–Trinajstić information content (AvgIpc) is 3.82. The van der Waals surface area contributed by atoms with Crippen LogP contribution in [0.2, 0.25) is 0 Å². The number of rotatable bonds is 13. The maximum atomic E-state index is 13.8. The van der Waals surface area contributed by atoms with Crippen molar-refractivity contribution in [2.75, 3.05) is 64.5 Å². The van der Waals surface area contributed by atoms with Crippen molar-refractivity contribution in [3.63, 3.8) is 0 Å². The van der Waals surface area contributed by atoms with Crippen LogP contribution in [0, 0.1) is 5.82 Å². The molecule has 5 rings (SSSR count). The molecule has 2 aliphatic rings. The summed E-state index contributed by atoms with van der Waals surface area (Å²) >= 11 is 0. The number of anilines is 1. The summed E-state index contributed by atoms with van der Waals surface area (Å²) in [5, 5.41) is 0. The van der Waals surface area contributed by atoms with Gasteiger partial charge in [0.15, 0.2) is 5.82 Å². The molecule has 14 heteroatoms. The monoisotopic (exact) mass is 672 g/mol. The molecule has 1 aliphatic heterocycles. The zero-order valence-corrected chi connectivity index (χ0v) is 28.1. The van der Waals surface area contributed by atoms with Crippen molar-refractivity contribution < 1.29 is 21.2 Å². The lowest BCUT2D eigenvalue weighted by molar-refractivity contribution is 0.283. The predicted molar refractivity (Wildman–Crippen MR) is 177 cm³/mol. The molecule has 1 saturated heterocycles. The topological polar surface area (TPSA) is 116 Å². The molecule has 1 aromatic heterocycles. The number of nitrogens with zero attached hydrogens (tertiary/aromatic N) is 6. The summed E-state index contributed by atoms with van der Waals surface area (Å²) < 4.78 is 66.8. The largest absolute Gasteiger partial charge is 0.349 e. The third kappa shape index (κ3) is 7.58. The zero-order chi connectivity index (χ0) is 33.2. The molecule has 0 radical (unpaired) electrons. The Hall–Kier alpha value is -3.43. The van der Waals surface area contributed by atoms with E-state index in [9.17, 15) is 26.0 Å². The van der Waals surface area contributed by atoms with E-state index in [1.165, 1.54) is 53.5 Å². The van der Waals surface area contributed by atoms with Gasteiger partial charge < -0.3 is 4.90 Å². The Balaban J connectivity index is 1.38. The van der Waals surface area contributed by atoms with Gasteiger partial charge in [-0.1, -0.05) is 18.2 Å². The van der Waals surface area contributed by atoms with E-state index in [2.05, 4.69) is 11.5 Å². The van der Waals surface area contributed by atoms with Gasteiger partial charge >= 0.3 is 0 Å². The van der Waals surface area contributed by atoms with E-state index < -0.39 is 20.0 Å². The number of piperazine rings is 1. The Morgan fingerprint density at radius 1 is 1.00 bits per heavy atom. The molecule has 2 atom stereocenters. The Bertz CT molecular complexity index is 1820. The molecule has 0 N–H and O–H groups in total. The van der Waals surface area contributed by atoms with Crippen LogP contribution in [0.25, 0.3) is 5.69 Å². The summed E-state index contributed by atoms with van der Waals surface area (Å²) in [5.41, 5.74) is 1.94. The van der Waals surface area contributed by atoms with Crippen molar-refractivity contribution >= 4 is 25.9 Å². The molecule has 11 nitrogen and oxygen atoms in total. The highest BCUT2D eigenvalue weighted by molar-refractivity contribution is 7.89. The number of aryl methyl sites for hydroxylation is 1. The van der Waals surface area contributed by atoms with Crippen LogP contribution in [0.4, 0.5) is 10.2 Å². The molecule has 0 spiro atoms. The molecular formula is C32H41FN6O5S2. The van der Waals surface area contributed by atoms with Gasteiger partial charge in [0, 0.05) is 70.7 Å². The Morgan fingerprint density at radius 3 is 2.24 bits per heavy atom. The molecule has 0 amide bonds. The Morgan fingerprint density at radius 2 is 1.65 bits per heavy atom. The molecule has 0 bridgehead atoms. The minimum absolute atomic E-state index is 0.113. The number of benzene rings is 2. The van der Waals surface area contributed by atoms with Gasteiger partial charge in [0.2, 0.25) is 20.0 Å². The van der Waals surface area contributed by atoms with Gasteiger partial charge in [-0.15, -0.1) is 6.58 Å². The summed E-state index contributed by atoms with van der Waals surface area (Å²) in [5.74, 6) is 0.332. The maximum Gasteiger partial charge on any atom is 0.298 e. The lowest BCUT2D eigenvalue weighted by Gasteiger charge is -2.33. The molecule has 3 aromatic rings. The number of aromatic nitrogens is 2. The van der Waals surface area contributed by atoms with Crippen LogP contribution in [0.3, 0.4) is 0 Å². The standard InChI is InChI=1S/C32H41FN6O5S2/c1-5-16-36(30-22-29(30)24-8-10-25(33)11-9-24)17-6-7-26-23-39(27-12-14-28(15-13-27)46(43,44)35(2)3)32(40)31(34-26)37-18-20-38(21-19-37)45(4,41)42/h5,8-15,23,29-30H,1,6-7,16-22H2,2-4H3/t29-,30+/m0/s1.